The highest BCUT2D eigenvalue weighted by molar-refractivity contribution is 5.26. The number of aryl methyl sites for hydroxylation is 1. The van der Waals surface area contributed by atoms with E-state index < -0.39 is 0 Å². The van der Waals surface area contributed by atoms with Gasteiger partial charge in [0.25, 0.3) is 0 Å². The number of hydrogen-bond donors (Lipinski definition) is 1. The Morgan fingerprint density at radius 2 is 2.18 bits per heavy atom. The smallest absolute Gasteiger partial charge is 0.0499 e. The maximum Gasteiger partial charge on any atom is 0.0499 e. The number of nitrogens with zero attached hydrogens (tertiary/aromatic N) is 1. The predicted octanol–water partition coefficient (Wildman–Crippen LogP) is 2.87. The lowest BCUT2D eigenvalue weighted by Gasteiger charge is -2.33. The summed E-state index contributed by atoms with van der Waals surface area (Å²) in [6.45, 7) is 6.66. The Labute approximate surface area is 105 Å². The van der Waals surface area contributed by atoms with Crippen LogP contribution in [0.15, 0.2) is 24.3 Å². The largest absolute Gasteiger partial charge is 0.326 e. The van der Waals surface area contributed by atoms with Crippen LogP contribution in [0.25, 0.3) is 0 Å². The zero-order valence-corrected chi connectivity index (χ0v) is 11.0. The zero-order valence-electron chi connectivity index (χ0n) is 11.0. The first-order chi connectivity index (χ1) is 8.22. The van der Waals surface area contributed by atoms with E-state index in [4.69, 9.17) is 5.73 Å². The molecule has 17 heavy (non-hydrogen) atoms. The van der Waals surface area contributed by atoms with Gasteiger partial charge in [0.1, 0.15) is 0 Å². The van der Waals surface area contributed by atoms with Crippen molar-refractivity contribution in [2.45, 2.75) is 45.2 Å². The normalized spacial score (nSPS) is 26.8. The molecule has 0 spiro atoms. The highest BCUT2D eigenvalue weighted by atomic mass is 15.2. The molecule has 0 aromatic heterocycles. The zero-order chi connectivity index (χ0) is 12.3. The molecular weight excluding hydrogens is 208 g/mol. The summed E-state index contributed by atoms with van der Waals surface area (Å²) >= 11 is 0. The maximum atomic E-state index is 6.39. The van der Waals surface area contributed by atoms with Gasteiger partial charge in [0.2, 0.25) is 0 Å². The number of hydrogen-bond acceptors (Lipinski definition) is 2. The van der Waals surface area contributed by atoms with Crippen LogP contribution in [0.4, 0.5) is 0 Å². The summed E-state index contributed by atoms with van der Waals surface area (Å²) < 4.78 is 0. The summed E-state index contributed by atoms with van der Waals surface area (Å²) in [4.78, 5) is 2.53. The van der Waals surface area contributed by atoms with Crippen molar-refractivity contribution in [3.63, 3.8) is 0 Å². The molecule has 2 unspecified atom stereocenters. The van der Waals surface area contributed by atoms with E-state index in [-0.39, 0.29) is 6.04 Å². The van der Waals surface area contributed by atoms with Gasteiger partial charge in [0, 0.05) is 12.1 Å². The highest BCUT2D eigenvalue weighted by Crippen LogP contribution is 2.29. The summed E-state index contributed by atoms with van der Waals surface area (Å²) in [5.41, 5.74) is 9.10. The van der Waals surface area contributed by atoms with Gasteiger partial charge in [0.15, 0.2) is 0 Å². The number of rotatable bonds is 2. The van der Waals surface area contributed by atoms with Crippen molar-refractivity contribution in [1.29, 1.82) is 0 Å². The lowest BCUT2D eigenvalue weighted by atomic mass is 9.95. The summed E-state index contributed by atoms with van der Waals surface area (Å²) in [5, 5.41) is 0. The minimum atomic E-state index is 0.277. The van der Waals surface area contributed by atoms with E-state index in [1.165, 1.54) is 30.5 Å². The van der Waals surface area contributed by atoms with Gasteiger partial charge >= 0.3 is 0 Å². The van der Waals surface area contributed by atoms with Gasteiger partial charge in [-0.2, -0.15) is 0 Å². The van der Waals surface area contributed by atoms with E-state index in [0.717, 1.165) is 13.0 Å². The predicted molar refractivity (Wildman–Crippen MR) is 73.0 cm³/mol. The van der Waals surface area contributed by atoms with Crippen molar-refractivity contribution in [2.24, 2.45) is 5.73 Å². The summed E-state index contributed by atoms with van der Waals surface area (Å²) in [5.74, 6) is 0. The minimum Gasteiger partial charge on any atom is -0.326 e. The van der Waals surface area contributed by atoms with Gasteiger partial charge in [0.05, 0.1) is 0 Å². The molecule has 2 nitrogen and oxygen atoms in total. The maximum absolute atomic E-state index is 6.39. The molecule has 1 aromatic rings. The monoisotopic (exact) mass is 232 g/mol. The topological polar surface area (TPSA) is 29.3 Å². The van der Waals surface area contributed by atoms with Crippen molar-refractivity contribution >= 4 is 0 Å². The quantitative estimate of drug-likeness (QED) is 0.849. The number of likely N-dealkylation sites (N-methyl/N-ethyl adjacent to an activating group) is 1. The highest BCUT2D eigenvalue weighted by Gasteiger charge is 2.27. The van der Waals surface area contributed by atoms with E-state index in [1.807, 2.05) is 0 Å². The molecule has 0 aliphatic carbocycles. The van der Waals surface area contributed by atoms with E-state index in [0.29, 0.717) is 6.04 Å². The van der Waals surface area contributed by atoms with E-state index in [2.05, 4.69) is 43.0 Å². The summed E-state index contributed by atoms with van der Waals surface area (Å²) in [7, 11) is 0. The third-order valence-corrected chi connectivity index (χ3v) is 3.82. The lowest BCUT2D eigenvalue weighted by Crippen LogP contribution is -2.39. The summed E-state index contributed by atoms with van der Waals surface area (Å²) in [6, 6.07) is 9.50. The first-order valence-electron chi connectivity index (χ1n) is 6.78. The Kier molecular flexibility index (Phi) is 4.19. The molecule has 2 heteroatoms. The molecule has 1 aliphatic rings. The van der Waals surface area contributed by atoms with Crippen LogP contribution >= 0.6 is 0 Å². The Balaban J connectivity index is 2.30. The molecule has 0 radical (unpaired) electrons. The molecule has 0 amide bonds. The number of benzene rings is 1. The Bertz CT molecular complexity index is 362. The fourth-order valence-corrected chi connectivity index (χ4v) is 2.93. The molecule has 1 saturated heterocycles. The SMILES string of the molecule is CCN1CCCCC(N)C1c1cccc(C)c1. The molecule has 1 aromatic carbocycles. The van der Waals surface area contributed by atoms with Gasteiger partial charge in [-0.25, -0.2) is 0 Å². The van der Waals surface area contributed by atoms with Gasteiger partial charge in [-0.1, -0.05) is 43.2 Å². The second-order valence-corrected chi connectivity index (χ2v) is 5.15. The van der Waals surface area contributed by atoms with Crippen LogP contribution in [0.1, 0.15) is 43.4 Å². The van der Waals surface area contributed by atoms with Crippen LogP contribution in [-0.4, -0.2) is 24.0 Å². The number of likely N-dealkylation sites (tertiary alicyclic amines) is 1. The van der Waals surface area contributed by atoms with Crippen molar-refractivity contribution in [2.75, 3.05) is 13.1 Å². The molecular formula is C15H24N2. The molecule has 2 atom stereocenters. The van der Waals surface area contributed by atoms with Crippen molar-refractivity contribution in [1.82, 2.24) is 4.90 Å². The molecule has 1 fully saturated rings. The second-order valence-electron chi connectivity index (χ2n) is 5.15. The Morgan fingerprint density at radius 1 is 1.35 bits per heavy atom. The van der Waals surface area contributed by atoms with Gasteiger partial charge < -0.3 is 5.73 Å². The van der Waals surface area contributed by atoms with E-state index >= 15 is 0 Å². The lowest BCUT2D eigenvalue weighted by molar-refractivity contribution is 0.195. The van der Waals surface area contributed by atoms with Crippen molar-refractivity contribution in [3.8, 4) is 0 Å². The average Bonchev–Trinajstić information content (AvgIpc) is 2.50. The molecule has 2 N–H and O–H groups in total. The van der Waals surface area contributed by atoms with Crippen LogP contribution in [0.3, 0.4) is 0 Å². The molecule has 1 heterocycles. The third-order valence-electron chi connectivity index (χ3n) is 3.82. The third kappa shape index (κ3) is 2.88. The van der Waals surface area contributed by atoms with Crippen LogP contribution < -0.4 is 5.73 Å². The van der Waals surface area contributed by atoms with Crippen molar-refractivity contribution in [3.05, 3.63) is 35.4 Å². The van der Waals surface area contributed by atoms with Crippen LogP contribution in [0.2, 0.25) is 0 Å². The molecule has 0 saturated carbocycles. The molecule has 2 rings (SSSR count). The molecule has 0 bridgehead atoms. The first-order valence-corrected chi connectivity index (χ1v) is 6.78. The number of nitrogens with two attached hydrogens (primary N) is 1. The fraction of sp³-hybridized carbons (Fsp3) is 0.600. The Morgan fingerprint density at radius 3 is 2.88 bits per heavy atom. The van der Waals surface area contributed by atoms with Crippen LogP contribution in [-0.2, 0) is 0 Å². The van der Waals surface area contributed by atoms with E-state index in [1.54, 1.807) is 0 Å². The molecule has 94 valence electrons. The van der Waals surface area contributed by atoms with Gasteiger partial charge in [-0.15, -0.1) is 0 Å². The standard InChI is InChI=1S/C15H24N2/c1-3-17-10-5-4-9-14(16)15(17)13-8-6-7-12(2)11-13/h6-8,11,14-15H,3-5,9-10,16H2,1-2H3. The first kappa shape index (κ1) is 12.6. The molecule has 1 aliphatic heterocycles. The summed E-state index contributed by atoms with van der Waals surface area (Å²) in [6.07, 6.45) is 3.69. The average molecular weight is 232 g/mol. The van der Waals surface area contributed by atoms with Gasteiger partial charge in [-0.05, 0) is 38.4 Å². The van der Waals surface area contributed by atoms with Gasteiger partial charge in [-0.3, -0.25) is 4.90 Å². The van der Waals surface area contributed by atoms with Crippen LogP contribution in [0, 0.1) is 6.92 Å². The second kappa shape index (κ2) is 5.65. The minimum absolute atomic E-state index is 0.277. The Hall–Kier alpha value is -0.860. The van der Waals surface area contributed by atoms with E-state index in [9.17, 15) is 0 Å². The fourth-order valence-electron chi connectivity index (χ4n) is 2.93. The van der Waals surface area contributed by atoms with Crippen molar-refractivity contribution < 1.29 is 0 Å². The van der Waals surface area contributed by atoms with Crippen LogP contribution in [0.5, 0.6) is 0 Å².